The van der Waals surface area contributed by atoms with Gasteiger partial charge in [0.1, 0.15) is 0 Å². The molecule has 0 spiro atoms. The lowest BCUT2D eigenvalue weighted by Crippen LogP contribution is -2.47. The van der Waals surface area contributed by atoms with Gasteiger partial charge in [0.2, 0.25) is 0 Å². The number of hydrogen-bond donors (Lipinski definition) is 0. The Bertz CT molecular complexity index is 924. The van der Waals surface area contributed by atoms with Crippen molar-refractivity contribution in [2.75, 3.05) is 26.2 Å². The summed E-state index contributed by atoms with van der Waals surface area (Å²) in [6.45, 7) is 7.04. The van der Waals surface area contributed by atoms with E-state index in [0.29, 0.717) is 11.8 Å². The van der Waals surface area contributed by atoms with Gasteiger partial charge in [-0.3, -0.25) is 19.3 Å². The zero-order chi connectivity index (χ0) is 20.5. The van der Waals surface area contributed by atoms with Crippen molar-refractivity contribution >= 4 is 0 Å². The second-order valence-corrected chi connectivity index (χ2v) is 9.76. The fourth-order valence-electron chi connectivity index (χ4n) is 5.86. The van der Waals surface area contributed by atoms with E-state index in [1.54, 1.807) is 0 Å². The maximum atomic E-state index is 13.4. The van der Waals surface area contributed by atoms with Crippen LogP contribution in [0.25, 0.3) is 0 Å². The molecule has 2 aromatic heterocycles. The Kier molecular flexibility index (Phi) is 5.79. The molecule has 0 unspecified atom stereocenters. The Hall–Kier alpha value is -1.92. The molecule has 5 heterocycles. The van der Waals surface area contributed by atoms with Crippen LogP contribution in [0.4, 0.5) is 0 Å². The quantitative estimate of drug-likeness (QED) is 0.779. The summed E-state index contributed by atoms with van der Waals surface area (Å²) >= 11 is 0. The van der Waals surface area contributed by atoms with Crippen LogP contribution >= 0.6 is 0 Å². The topological polar surface area (TPSA) is 46.3 Å². The second kappa shape index (κ2) is 8.67. The number of fused-ring (bicyclic) bond motifs is 4. The Balaban J connectivity index is 1.31. The fraction of sp³-hybridized carbons (Fsp3) is 0.667. The minimum absolute atomic E-state index is 0.268. The first-order valence-electron chi connectivity index (χ1n) is 11.8. The van der Waals surface area contributed by atoms with E-state index in [0.717, 1.165) is 51.4 Å². The lowest BCUT2D eigenvalue weighted by molar-refractivity contribution is 0.114. The molecule has 3 aliphatic rings. The Morgan fingerprint density at radius 3 is 2.53 bits per heavy atom. The summed E-state index contributed by atoms with van der Waals surface area (Å²) in [7, 11) is 1.97. The number of hydrogen-bond acceptors (Lipinski definition) is 4. The monoisotopic (exact) mass is 409 g/mol. The maximum absolute atomic E-state index is 13.4. The molecule has 2 atom stereocenters. The number of nitrogens with zero attached hydrogens (tertiary/aromatic N) is 5. The molecule has 0 radical (unpaired) electrons. The number of pyridine rings is 1. The largest absolute Gasteiger partial charge is 0.312 e. The van der Waals surface area contributed by atoms with E-state index < -0.39 is 0 Å². The minimum Gasteiger partial charge on any atom is -0.312 e. The lowest BCUT2D eigenvalue weighted by Gasteiger charge is -2.43. The molecule has 0 aliphatic carbocycles. The van der Waals surface area contributed by atoms with Gasteiger partial charge in [-0.15, -0.1) is 0 Å². The van der Waals surface area contributed by atoms with Crippen LogP contribution in [-0.4, -0.2) is 50.3 Å². The predicted octanol–water partition coefficient (Wildman–Crippen LogP) is 2.97. The molecular weight excluding hydrogens is 374 g/mol. The second-order valence-electron chi connectivity index (χ2n) is 9.76. The summed E-state index contributed by atoms with van der Waals surface area (Å²) in [5.74, 6) is 1.04. The molecule has 6 nitrogen and oxygen atoms in total. The first-order valence-corrected chi connectivity index (χ1v) is 11.8. The van der Waals surface area contributed by atoms with Crippen LogP contribution in [0.15, 0.2) is 29.3 Å². The number of likely N-dealkylation sites (tertiary alicyclic amines) is 2. The van der Waals surface area contributed by atoms with Crippen LogP contribution in [0.2, 0.25) is 0 Å². The average molecular weight is 410 g/mol. The van der Waals surface area contributed by atoms with Gasteiger partial charge in [-0.1, -0.05) is 25.3 Å². The third-order valence-electron chi connectivity index (χ3n) is 7.27. The third kappa shape index (κ3) is 4.26. The van der Waals surface area contributed by atoms with Crippen molar-refractivity contribution in [3.63, 3.8) is 0 Å². The van der Waals surface area contributed by atoms with Crippen molar-refractivity contribution in [1.29, 1.82) is 0 Å². The van der Waals surface area contributed by atoms with Gasteiger partial charge in [-0.25, -0.2) is 0 Å². The molecule has 3 aliphatic heterocycles. The molecule has 162 valence electrons. The van der Waals surface area contributed by atoms with E-state index in [-0.39, 0.29) is 5.56 Å². The van der Waals surface area contributed by atoms with Crippen molar-refractivity contribution in [2.24, 2.45) is 13.0 Å². The SMILES string of the molecule is Cn1cc(CN2C[C@@H]3C[C@H](C2)c2ccc(CN4CCCCCCC4)c(=O)n2C3)cn1. The van der Waals surface area contributed by atoms with Crippen LogP contribution < -0.4 is 5.56 Å². The Morgan fingerprint density at radius 2 is 1.77 bits per heavy atom. The number of aryl methyl sites for hydroxylation is 1. The van der Waals surface area contributed by atoms with Gasteiger partial charge < -0.3 is 4.57 Å². The molecule has 30 heavy (non-hydrogen) atoms. The standard InChI is InChI=1S/C24H35N5O/c1-26-13-20(12-25-26)15-28-14-19-11-22(18-28)23-8-7-21(24(30)29(23)16-19)17-27-9-5-3-2-4-6-10-27/h7-8,12-13,19,22H,2-6,9-11,14-18H2,1H3/t19-,22+/m0/s1. The molecule has 2 saturated heterocycles. The van der Waals surface area contributed by atoms with Gasteiger partial charge in [0.25, 0.3) is 5.56 Å². The van der Waals surface area contributed by atoms with Crippen LogP contribution in [0.5, 0.6) is 0 Å². The molecule has 2 bridgehead atoms. The van der Waals surface area contributed by atoms with Gasteiger partial charge in [-0.05, 0) is 44.3 Å². The molecule has 0 aromatic carbocycles. The van der Waals surface area contributed by atoms with E-state index in [1.807, 2.05) is 17.9 Å². The molecule has 5 rings (SSSR count). The molecule has 0 amide bonds. The molecule has 0 N–H and O–H groups in total. The normalized spacial score (nSPS) is 25.5. The average Bonchev–Trinajstić information content (AvgIpc) is 3.10. The number of aromatic nitrogens is 3. The third-order valence-corrected chi connectivity index (χ3v) is 7.27. The summed E-state index contributed by atoms with van der Waals surface area (Å²) in [4.78, 5) is 18.4. The number of rotatable bonds is 4. The zero-order valence-corrected chi connectivity index (χ0v) is 18.3. The summed E-state index contributed by atoms with van der Waals surface area (Å²) in [5, 5.41) is 4.31. The van der Waals surface area contributed by atoms with Gasteiger partial charge in [0.05, 0.1) is 6.20 Å². The van der Waals surface area contributed by atoms with Crippen molar-refractivity contribution in [2.45, 2.75) is 64.1 Å². The van der Waals surface area contributed by atoms with Crippen LogP contribution in [0.1, 0.15) is 61.3 Å². The first-order chi connectivity index (χ1) is 14.7. The molecule has 2 fully saturated rings. The predicted molar refractivity (Wildman–Crippen MR) is 118 cm³/mol. The van der Waals surface area contributed by atoms with Crippen molar-refractivity contribution in [3.05, 3.63) is 51.7 Å². The van der Waals surface area contributed by atoms with Crippen LogP contribution in [-0.2, 0) is 26.7 Å². The Morgan fingerprint density at radius 1 is 0.967 bits per heavy atom. The zero-order valence-electron chi connectivity index (χ0n) is 18.3. The highest BCUT2D eigenvalue weighted by Crippen LogP contribution is 2.35. The highest BCUT2D eigenvalue weighted by atomic mass is 16.1. The van der Waals surface area contributed by atoms with E-state index in [9.17, 15) is 4.79 Å². The van der Waals surface area contributed by atoms with Gasteiger partial charge in [-0.2, -0.15) is 5.10 Å². The number of piperidine rings is 1. The summed E-state index contributed by atoms with van der Waals surface area (Å²) < 4.78 is 4.00. The smallest absolute Gasteiger partial charge is 0.255 e. The van der Waals surface area contributed by atoms with Crippen LogP contribution in [0, 0.1) is 5.92 Å². The fourth-order valence-corrected chi connectivity index (χ4v) is 5.86. The minimum atomic E-state index is 0.268. The molecular formula is C24H35N5O. The van der Waals surface area contributed by atoms with E-state index in [1.165, 1.54) is 49.8 Å². The van der Waals surface area contributed by atoms with Crippen molar-refractivity contribution in [1.82, 2.24) is 24.1 Å². The van der Waals surface area contributed by atoms with Gasteiger partial charge in [0, 0.05) is 68.7 Å². The molecule has 2 aromatic rings. The van der Waals surface area contributed by atoms with Gasteiger partial charge in [0.15, 0.2) is 0 Å². The maximum Gasteiger partial charge on any atom is 0.255 e. The summed E-state index contributed by atoms with van der Waals surface area (Å²) in [6, 6.07) is 4.39. The summed E-state index contributed by atoms with van der Waals surface area (Å²) in [5.41, 5.74) is 3.79. The van der Waals surface area contributed by atoms with Crippen molar-refractivity contribution in [3.8, 4) is 0 Å². The summed E-state index contributed by atoms with van der Waals surface area (Å²) in [6.07, 6.45) is 11.9. The van der Waals surface area contributed by atoms with E-state index in [4.69, 9.17) is 0 Å². The highest BCUT2D eigenvalue weighted by molar-refractivity contribution is 5.22. The molecule has 0 saturated carbocycles. The van der Waals surface area contributed by atoms with E-state index >= 15 is 0 Å². The van der Waals surface area contributed by atoms with Gasteiger partial charge >= 0.3 is 0 Å². The highest BCUT2D eigenvalue weighted by Gasteiger charge is 2.35. The molecule has 6 heteroatoms. The first kappa shape index (κ1) is 20.0. The van der Waals surface area contributed by atoms with Crippen molar-refractivity contribution < 1.29 is 0 Å². The Labute approximate surface area is 179 Å². The lowest BCUT2D eigenvalue weighted by atomic mass is 9.83. The van der Waals surface area contributed by atoms with Crippen LogP contribution in [0.3, 0.4) is 0 Å². The van der Waals surface area contributed by atoms with E-state index in [2.05, 4.69) is 37.8 Å².